The van der Waals surface area contributed by atoms with Crippen LogP contribution in [-0.2, 0) is 4.79 Å². The quantitative estimate of drug-likeness (QED) is 0.712. The highest BCUT2D eigenvalue weighted by molar-refractivity contribution is 6.00. The molecule has 112 valence electrons. The topological polar surface area (TPSA) is 80.0 Å². The van der Waals surface area contributed by atoms with Crippen LogP contribution in [0.25, 0.3) is 10.8 Å². The molecule has 0 aliphatic carbocycles. The number of nitrogens with zero attached hydrogens (tertiary/aromatic N) is 1. The van der Waals surface area contributed by atoms with Gasteiger partial charge in [-0.1, -0.05) is 13.8 Å². The highest BCUT2D eigenvalue weighted by Crippen LogP contribution is 2.27. The minimum atomic E-state index is 0.0672. The number of rotatable bonds is 6. The lowest BCUT2D eigenvalue weighted by atomic mass is 10.1. The number of pyridine rings is 1. The van der Waals surface area contributed by atoms with E-state index < -0.39 is 0 Å². The zero-order chi connectivity index (χ0) is 15.2. The van der Waals surface area contributed by atoms with E-state index in [9.17, 15) is 4.79 Å². The first kappa shape index (κ1) is 15.1. The Bertz CT molecular complexity index is 625. The summed E-state index contributed by atoms with van der Waals surface area (Å²) in [5, 5.41) is 8.14. The molecular formula is C16H22N4O. The van der Waals surface area contributed by atoms with Crippen LogP contribution >= 0.6 is 0 Å². The molecule has 0 atom stereocenters. The molecule has 1 amide bonds. The second-order valence-electron chi connectivity index (χ2n) is 5.50. The van der Waals surface area contributed by atoms with Crippen molar-refractivity contribution in [1.29, 1.82) is 0 Å². The molecule has 0 radical (unpaired) electrons. The third-order valence-corrected chi connectivity index (χ3v) is 3.23. The van der Waals surface area contributed by atoms with Gasteiger partial charge in [0.2, 0.25) is 5.91 Å². The van der Waals surface area contributed by atoms with Crippen molar-refractivity contribution in [3.05, 3.63) is 30.6 Å². The summed E-state index contributed by atoms with van der Waals surface area (Å²) < 4.78 is 0. The van der Waals surface area contributed by atoms with E-state index in [1.807, 2.05) is 18.2 Å². The Morgan fingerprint density at radius 3 is 2.86 bits per heavy atom. The molecule has 0 unspecified atom stereocenters. The summed E-state index contributed by atoms with van der Waals surface area (Å²) >= 11 is 0. The summed E-state index contributed by atoms with van der Waals surface area (Å²) in [4.78, 5) is 15.8. The second kappa shape index (κ2) is 6.92. The van der Waals surface area contributed by atoms with Crippen LogP contribution < -0.4 is 16.4 Å². The van der Waals surface area contributed by atoms with Crippen molar-refractivity contribution in [2.45, 2.75) is 20.3 Å². The third-order valence-electron chi connectivity index (χ3n) is 3.23. The molecule has 1 aromatic heterocycles. The van der Waals surface area contributed by atoms with Gasteiger partial charge in [0, 0.05) is 54.1 Å². The van der Waals surface area contributed by atoms with Crippen LogP contribution in [0.4, 0.5) is 11.4 Å². The highest BCUT2D eigenvalue weighted by atomic mass is 16.1. The molecule has 0 saturated carbocycles. The van der Waals surface area contributed by atoms with Crippen LogP contribution in [0.3, 0.4) is 0 Å². The van der Waals surface area contributed by atoms with E-state index in [1.165, 1.54) is 0 Å². The number of nitrogens with two attached hydrogens (primary N) is 1. The number of hydrogen-bond acceptors (Lipinski definition) is 4. The average molecular weight is 286 g/mol. The van der Waals surface area contributed by atoms with Crippen LogP contribution in [0.5, 0.6) is 0 Å². The molecule has 5 nitrogen and oxygen atoms in total. The normalized spacial score (nSPS) is 10.8. The van der Waals surface area contributed by atoms with Crippen LogP contribution in [0.1, 0.15) is 20.3 Å². The Kier molecular flexibility index (Phi) is 4.98. The van der Waals surface area contributed by atoms with Crippen molar-refractivity contribution in [2.75, 3.05) is 24.1 Å². The van der Waals surface area contributed by atoms with Crippen LogP contribution in [0.15, 0.2) is 30.6 Å². The number of aromatic nitrogens is 1. The smallest absolute Gasteiger partial charge is 0.221 e. The van der Waals surface area contributed by atoms with E-state index >= 15 is 0 Å². The first-order chi connectivity index (χ1) is 10.1. The Balaban J connectivity index is 1.95. The Hall–Kier alpha value is -2.30. The van der Waals surface area contributed by atoms with Gasteiger partial charge in [0.25, 0.3) is 0 Å². The maximum Gasteiger partial charge on any atom is 0.221 e. The molecule has 0 aliphatic rings. The van der Waals surface area contributed by atoms with Crippen LogP contribution in [-0.4, -0.2) is 24.0 Å². The number of nitrogen functional groups attached to an aromatic ring is 1. The van der Waals surface area contributed by atoms with Crippen molar-refractivity contribution in [3.8, 4) is 0 Å². The predicted octanol–water partition coefficient (Wildman–Crippen LogP) is 2.39. The summed E-state index contributed by atoms with van der Waals surface area (Å²) in [5.41, 5.74) is 7.62. The number of hydrogen-bond donors (Lipinski definition) is 3. The van der Waals surface area contributed by atoms with Gasteiger partial charge < -0.3 is 16.4 Å². The monoisotopic (exact) mass is 286 g/mol. The molecule has 4 N–H and O–H groups in total. The number of fused-ring (bicyclic) bond motifs is 1. The lowest BCUT2D eigenvalue weighted by Crippen LogP contribution is -2.28. The molecule has 1 heterocycles. The number of nitrogens with one attached hydrogen (secondary N) is 2. The molecule has 0 fully saturated rings. The third kappa shape index (κ3) is 4.08. The minimum Gasteiger partial charge on any atom is -0.398 e. The Morgan fingerprint density at radius 1 is 1.29 bits per heavy atom. The summed E-state index contributed by atoms with van der Waals surface area (Å²) in [6.45, 7) is 5.46. The Labute approximate surface area is 124 Å². The van der Waals surface area contributed by atoms with Crippen LogP contribution in [0.2, 0.25) is 0 Å². The van der Waals surface area contributed by atoms with Gasteiger partial charge in [0.15, 0.2) is 0 Å². The maximum atomic E-state index is 11.7. The van der Waals surface area contributed by atoms with E-state index in [2.05, 4.69) is 29.5 Å². The second-order valence-corrected chi connectivity index (χ2v) is 5.50. The maximum absolute atomic E-state index is 11.7. The minimum absolute atomic E-state index is 0.0672. The molecule has 1 aromatic carbocycles. The van der Waals surface area contributed by atoms with Gasteiger partial charge in [-0.2, -0.15) is 0 Å². The SMILES string of the molecule is CC(C)CNC(=O)CCNc1ccc(N)c2cnccc12. The fourth-order valence-electron chi connectivity index (χ4n) is 2.08. The largest absolute Gasteiger partial charge is 0.398 e. The molecule has 0 aliphatic heterocycles. The van der Waals surface area contributed by atoms with Gasteiger partial charge in [-0.3, -0.25) is 9.78 Å². The van der Waals surface area contributed by atoms with Crippen molar-refractivity contribution < 1.29 is 4.79 Å². The van der Waals surface area contributed by atoms with E-state index in [0.29, 0.717) is 24.6 Å². The van der Waals surface area contributed by atoms with Gasteiger partial charge in [-0.15, -0.1) is 0 Å². The van der Waals surface area contributed by atoms with Crippen molar-refractivity contribution in [1.82, 2.24) is 10.3 Å². The number of benzene rings is 1. The van der Waals surface area contributed by atoms with Gasteiger partial charge in [-0.05, 0) is 24.1 Å². The van der Waals surface area contributed by atoms with E-state index in [4.69, 9.17) is 5.73 Å². The molecule has 0 bridgehead atoms. The lowest BCUT2D eigenvalue weighted by molar-refractivity contribution is -0.120. The molecule has 21 heavy (non-hydrogen) atoms. The number of carbonyl (C=O) groups excluding carboxylic acids is 1. The van der Waals surface area contributed by atoms with Gasteiger partial charge in [0.1, 0.15) is 0 Å². The van der Waals surface area contributed by atoms with Crippen molar-refractivity contribution >= 4 is 28.1 Å². The van der Waals surface area contributed by atoms with E-state index in [-0.39, 0.29) is 5.91 Å². The number of anilines is 2. The fourth-order valence-corrected chi connectivity index (χ4v) is 2.08. The van der Waals surface area contributed by atoms with Gasteiger partial charge in [0.05, 0.1) is 0 Å². The van der Waals surface area contributed by atoms with E-state index in [0.717, 1.165) is 23.0 Å². The predicted molar refractivity (Wildman–Crippen MR) is 87.1 cm³/mol. The molecule has 5 heteroatoms. The van der Waals surface area contributed by atoms with E-state index in [1.54, 1.807) is 12.4 Å². The average Bonchev–Trinajstić information content (AvgIpc) is 2.48. The standard InChI is InChI=1S/C16H22N4O/c1-11(2)9-20-16(21)6-8-19-15-4-3-14(17)13-10-18-7-5-12(13)15/h3-5,7,10-11,19H,6,8-9,17H2,1-2H3,(H,20,21). The zero-order valence-electron chi connectivity index (χ0n) is 12.5. The zero-order valence-corrected chi connectivity index (χ0v) is 12.5. The highest BCUT2D eigenvalue weighted by Gasteiger charge is 2.05. The lowest BCUT2D eigenvalue weighted by Gasteiger charge is -2.11. The molecule has 2 aromatic rings. The summed E-state index contributed by atoms with van der Waals surface area (Å²) in [7, 11) is 0. The van der Waals surface area contributed by atoms with Gasteiger partial charge in [-0.25, -0.2) is 0 Å². The number of carbonyl (C=O) groups is 1. The summed E-state index contributed by atoms with van der Waals surface area (Å²) in [6.07, 6.45) is 3.94. The van der Waals surface area contributed by atoms with Crippen molar-refractivity contribution in [3.63, 3.8) is 0 Å². The van der Waals surface area contributed by atoms with Gasteiger partial charge >= 0.3 is 0 Å². The molecule has 0 saturated heterocycles. The molecule has 0 spiro atoms. The first-order valence-corrected chi connectivity index (χ1v) is 7.20. The molecular weight excluding hydrogens is 264 g/mol. The van der Waals surface area contributed by atoms with Crippen molar-refractivity contribution in [2.24, 2.45) is 5.92 Å². The van der Waals surface area contributed by atoms with Crippen LogP contribution in [0, 0.1) is 5.92 Å². The fraction of sp³-hybridized carbons (Fsp3) is 0.375. The number of amides is 1. The summed E-state index contributed by atoms with van der Waals surface area (Å²) in [5.74, 6) is 0.535. The molecule has 2 rings (SSSR count). The Morgan fingerprint density at radius 2 is 2.10 bits per heavy atom. The summed E-state index contributed by atoms with van der Waals surface area (Å²) in [6, 6.07) is 5.71. The first-order valence-electron chi connectivity index (χ1n) is 7.20.